The summed E-state index contributed by atoms with van der Waals surface area (Å²) in [7, 11) is 0. The minimum absolute atomic E-state index is 0.0362. The molecule has 3 nitrogen and oxygen atoms in total. The van der Waals surface area contributed by atoms with Crippen LogP contribution in [0.25, 0.3) is 0 Å². The number of carbonyl (C=O) groups is 1. The molecule has 0 unspecified atom stereocenters. The highest BCUT2D eigenvalue weighted by atomic mass is 16.4. The first-order chi connectivity index (χ1) is 11.1. The van der Waals surface area contributed by atoms with Gasteiger partial charge in [0, 0.05) is 0 Å². The minimum Gasteiger partial charge on any atom is -0.507 e. The molecule has 0 aromatic heterocycles. The fraction of sp³-hybridized carbons (Fsp3) is 0.350. The third-order valence-corrected chi connectivity index (χ3v) is 4.73. The standard InChI is InChI=1S/C20H22O3/c21-19-10-9-15(13-18(19)20(22)23)11-14-5-4-8-17(12-14)16-6-2-1-3-7-16/h4-5,8-10,12-13,16,21H,1-3,6-7,11H2,(H,22,23). The fourth-order valence-electron chi connectivity index (χ4n) is 3.49. The van der Waals surface area contributed by atoms with Crippen molar-refractivity contribution >= 4 is 5.97 Å². The summed E-state index contributed by atoms with van der Waals surface area (Å²) in [6.45, 7) is 0. The van der Waals surface area contributed by atoms with Crippen LogP contribution < -0.4 is 0 Å². The van der Waals surface area contributed by atoms with Gasteiger partial charge >= 0.3 is 5.97 Å². The van der Waals surface area contributed by atoms with Crippen LogP contribution >= 0.6 is 0 Å². The van der Waals surface area contributed by atoms with E-state index in [-0.39, 0.29) is 11.3 Å². The molecule has 0 aliphatic heterocycles. The summed E-state index contributed by atoms with van der Waals surface area (Å²) in [4.78, 5) is 11.1. The van der Waals surface area contributed by atoms with Crippen molar-refractivity contribution in [3.05, 3.63) is 64.7 Å². The summed E-state index contributed by atoms with van der Waals surface area (Å²) >= 11 is 0. The molecule has 0 bridgehead atoms. The Balaban J connectivity index is 1.80. The number of carboxylic acid groups (broad SMARTS) is 1. The quantitative estimate of drug-likeness (QED) is 0.858. The van der Waals surface area contributed by atoms with Crippen LogP contribution in [0.1, 0.15) is 65.1 Å². The largest absolute Gasteiger partial charge is 0.507 e. The van der Waals surface area contributed by atoms with Crippen LogP contribution in [-0.4, -0.2) is 16.2 Å². The van der Waals surface area contributed by atoms with Crippen molar-refractivity contribution in [2.24, 2.45) is 0 Å². The molecule has 2 aromatic rings. The Labute approximate surface area is 136 Å². The van der Waals surface area contributed by atoms with Gasteiger partial charge in [0.1, 0.15) is 11.3 Å². The molecule has 23 heavy (non-hydrogen) atoms. The summed E-state index contributed by atoms with van der Waals surface area (Å²) in [5, 5.41) is 18.7. The highest BCUT2D eigenvalue weighted by molar-refractivity contribution is 5.90. The highest BCUT2D eigenvalue weighted by Gasteiger charge is 2.16. The van der Waals surface area contributed by atoms with Gasteiger partial charge in [0.05, 0.1) is 0 Å². The van der Waals surface area contributed by atoms with Gasteiger partial charge < -0.3 is 10.2 Å². The topological polar surface area (TPSA) is 57.5 Å². The Hall–Kier alpha value is -2.29. The van der Waals surface area contributed by atoms with E-state index in [1.54, 1.807) is 12.1 Å². The third-order valence-electron chi connectivity index (χ3n) is 4.73. The second-order valence-corrected chi connectivity index (χ2v) is 6.41. The van der Waals surface area contributed by atoms with Crippen molar-refractivity contribution < 1.29 is 15.0 Å². The molecule has 1 aliphatic rings. The number of hydrogen-bond acceptors (Lipinski definition) is 2. The van der Waals surface area contributed by atoms with Crippen LogP contribution in [0, 0.1) is 0 Å². The molecule has 0 heterocycles. The molecule has 2 N–H and O–H groups in total. The number of aromatic hydroxyl groups is 1. The minimum atomic E-state index is -1.10. The maximum absolute atomic E-state index is 11.1. The lowest BCUT2D eigenvalue weighted by atomic mass is 9.83. The second kappa shape index (κ2) is 6.86. The monoisotopic (exact) mass is 310 g/mol. The molecule has 3 rings (SSSR count). The van der Waals surface area contributed by atoms with Gasteiger partial charge in [-0.3, -0.25) is 0 Å². The molecular weight excluding hydrogens is 288 g/mol. The van der Waals surface area contributed by atoms with Gasteiger partial charge in [-0.05, 0) is 54.0 Å². The number of carboxylic acids is 1. The summed E-state index contributed by atoms with van der Waals surface area (Å²) in [5.74, 6) is -0.615. The molecule has 1 aliphatic carbocycles. The zero-order chi connectivity index (χ0) is 16.2. The number of rotatable bonds is 4. The van der Waals surface area contributed by atoms with Crippen LogP contribution in [-0.2, 0) is 6.42 Å². The molecule has 1 saturated carbocycles. The number of hydrogen-bond donors (Lipinski definition) is 2. The van der Waals surface area contributed by atoms with Gasteiger partial charge in [0.15, 0.2) is 0 Å². The highest BCUT2D eigenvalue weighted by Crippen LogP contribution is 2.33. The van der Waals surface area contributed by atoms with Gasteiger partial charge in [-0.25, -0.2) is 4.79 Å². The molecule has 1 fully saturated rings. The lowest BCUT2D eigenvalue weighted by Gasteiger charge is -2.22. The average Bonchev–Trinajstić information content (AvgIpc) is 2.57. The van der Waals surface area contributed by atoms with E-state index < -0.39 is 5.97 Å². The van der Waals surface area contributed by atoms with E-state index in [0.29, 0.717) is 12.3 Å². The van der Waals surface area contributed by atoms with Crippen molar-refractivity contribution in [3.63, 3.8) is 0 Å². The first kappa shape index (κ1) is 15.6. The van der Waals surface area contributed by atoms with E-state index in [2.05, 4.69) is 24.3 Å². The molecule has 120 valence electrons. The second-order valence-electron chi connectivity index (χ2n) is 6.41. The Bertz CT molecular complexity index is 700. The SMILES string of the molecule is O=C(O)c1cc(Cc2cccc(C3CCCCC3)c2)ccc1O. The van der Waals surface area contributed by atoms with Crippen LogP contribution in [0.4, 0.5) is 0 Å². The Morgan fingerprint density at radius 2 is 1.74 bits per heavy atom. The summed E-state index contributed by atoms with van der Waals surface area (Å²) < 4.78 is 0. The van der Waals surface area contributed by atoms with Gasteiger partial charge in [-0.1, -0.05) is 49.6 Å². The fourth-order valence-corrected chi connectivity index (χ4v) is 3.49. The van der Waals surface area contributed by atoms with E-state index >= 15 is 0 Å². The van der Waals surface area contributed by atoms with Crippen molar-refractivity contribution in [1.29, 1.82) is 0 Å². The Morgan fingerprint density at radius 3 is 2.48 bits per heavy atom. The van der Waals surface area contributed by atoms with Gasteiger partial charge in [-0.15, -0.1) is 0 Å². The van der Waals surface area contributed by atoms with Crippen molar-refractivity contribution in [2.75, 3.05) is 0 Å². The maximum atomic E-state index is 11.1. The zero-order valence-electron chi connectivity index (χ0n) is 13.2. The van der Waals surface area contributed by atoms with E-state index in [1.165, 1.54) is 49.3 Å². The van der Waals surface area contributed by atoms with E-state index in [1.807, 2.05) is 0 Å². The molecule has 2 aromatic carbocycles. The van der Waals surface area contributed by atoms with Crippen molar-refractivity contribution in [2.45, 2.75) is 44.4 Å². The zero-order valence-corrected chi connectivity index (χ0v) is 13.2. The molecule has 0 spiro atoms. The smallest absolute Gasteiger partial charge is 0.339 e. The molecule has 0 amide bonds. The molecule has 0 atom stereocenters. The Kier molecular flexibility index (Phi) is 4.65. The predicted octanol–water partition coefficient (Wildman–Crippen LogP) is 4.73. The summed E-state index contributed by atoms with van der Waals surface area (Å²) in [6.07, 6.45) is 7.20. The predicted molar refractivity (Wildman–Crippen MR) is 90.1 cm³/mol. The average molecular weight is 310 g/mol. The summed E-state index contributed by atoms with van der Waals surface area (Å²) in [6, 6.07) is 13.4. The summed E-state index contributed by atoms with van der Waals surface area (Å²) in [5.41, 5.74) is 3.46. The maximum Gasteiger partial charge on any atom is 0.339 e. The molecule has 0 saturated heterocycles. The van der Waals surface area contributed by atoms with Gasteiger partial charge in [-0.2, -0.15) is 0 Å². The van der Waals surface area contributed by atoms with E-state index in [0.717, 1.165) is 5.56 Å². The normalized spacial score (nSPS) is 15.5. The molecular formula is C20H22O3. The van der Waals surface area contributed by atoms with Crippen molar-refractivity contribution in [1.82, 2.24) is 0 Å². The van der Waals surface area contributed by atoms with Crippen LogP contribution in [0.2, 0.25) is 0 Å². The number of phenols is 1. The van der Waals surface area contributed by atoms with Crippen LogP contribution in [0.15, 0.2) is 42.5 Å². The van der Waals surface area contributed by atoms with Gasteiger partial charge in [0.25, 0.3) is 0 Å². The molecule has 3 heteroatoms. The van der Waals surface area contributed by atoms with Crippen LogP contribution in [0.5, 0.6) is 5.75 Å². The van der Waals surface area contributed by atoms with E-state index in [9.17, 15) is 9.90 Å². The number of benzene rings is 2. The number of aromatic carboxylic acids is 1. The van der Waals surface area contributed by atoms with Gasteiger partial charge in [0.2, 0.25) is 0 Å². The Morgan fingerprint density at radius 1 is 1.00 bits per heavy atom. The first-order valence-electron chi connectivity index (χ1n) is 8.27. The molecule has 0 radical (unpaired) electrons. The lowest BCUT2D eigenvalue weighted by molar-refractivity contribution is 0.0693. The van der Waals surface area contributed by atoms with Crippen molar-refractivity contribution in [3.8, 4) is 5.75 Å². The van der Waals surface area contributed by atoms with E-state index in [4.69, 9.17) is 5.11 Å². The van der Waals surface area contributed by atoms with Crippen LogP contribution in [0.3, 0.4) is 0 Å². The lowest BCUT2D eigenvalue weighted by Crippen LogP contribution is -2.05. The first-order valence-corrected chi connectivity index (χ1v) is 8.27. The third kappa shape index (κ3) is 3.73.